The largest absolute Gasteiger partial charge is 0.377 e. The van der Waals surface area contributed by atoms with Gasteiger partial charge < -0.3 is 10.1 Å². The van der Waals surface area contributed by atoms with E-state index in [1.54, 1.807) is 0 Å². The lowest BCUT2D eigenvalue weighted by Crippen LogP contribution is -2.32. The summed E-state index contributed by atoms with van der Waals surface area (Å²) in [6, 6.07) is 10.3. The predicted octanol–water partition coefficient (Wildman–Crippen LogP) is 2.86. The lowest BCUT2D eigenvalue weighted by molar-refractivity contribution is 0.0176. The van der Waals surface area contributed by atoms with Gasteiger partial charge in [0.25, 0.3) is 0 Å². The van der Waals surface area contributed by atoms with Gasteiger partial charge in [0.05, 0.1) is 6.10 Å². The zero-order valence-corrected chi connectivity index (χ0v) is 10.3. The van der Waals surface area contributed by atoms with E-state index in [0.717, 1.165) is 25.3 Å². The molecule has 1 N–H and O–H groups in total. The topological polar surface area (TPSA) is 21.3 Å². The van der Waals surface area contributed by atoms with E-state index in [1.165, 1.54) is 24.8 Å². The van der Waals surface area contributed by atoms with Gasteiger partial charge in [0.1, 0.15) is 0 Å². The van der Waals surface area contributed by atoms with Gasteiger partial charge in [-0.3, -0.25) is 0 Å². The highest BCUT2D eigenvalue weighted by Gasteiger charge is 2.12. The monoisotopic (exact) mass is 231 g/mol. The maximum Gasteiger partial charge on any atom is 0.0699 e. The van der Waals surface area contributed by atoms with Crippen molar-refractivity contribution in [3.63, 3.8) is 0 Å². The minimum Gasteiger partial charge on any atom is -0.377 e. The molecule has 2 nitrogen and oxygen atoms in total. The third-order valence-corrected chi connectivity index (χ3v) is 3.17. The van der Waals surface area contributed by atoms with Crippen LogP contribution in [0.2, 0.25) is 0 Å². The zero-order chi connectivity index (χ0) is 11.9. The summed E-state index contributed by atoms with van der Waals surface area (Å²) in [6.07, 6.45) is 4.09. The molecule has 0 spiro atoms. The number of hydrogen-bond donors (Lipinski definition) is 1. The first-order valence-electron chi connectivity index (χ1n) is 6.42. The van der Waals surface area contributed by atoms with Crippen LogP contribution in [0, 0.1) is 0 Å². The van der Waals surface area contributed by atoms with Gasteiger partial charge in [-0.1, -0.05) is 36.9 Å². The van der Waals surface area contributed by atoms with Crippen LogP contribution in [0.15, 0.2) is 36.9 Å². The molecule has 2 heteroatoms. The summed E-state index contributed by atoms with van der Waals surface area (Å²) in [4.78, 5) is 0. The molecule has 0 bridgehead atoms. The average Bonchev–Trinajstić information content (AvgIpc) is 2.41. The average molecular weight is 231 g/mol. The molecule has 1 fully saturated rings. The molecule has 0 aliphatic carbocycles. The van der Waals surface area contributed by atoms with E-state index in [0.29, 0.717) is 6.10 Å². The Morgan fingerprint density at radius 1 is 1.29 bits per heavy atom. The minimum atomic E-state index is 0.396. The van der Waals surface area contributed by atoms with E-state index >= 15 is 0 Å². The highest BCUT2D eigenvalue weighted by molar-refractivity contribution is 5.64. The maximum absolute atomic E-state index is 5.67. The van der Waals surface area contributed by atoms with Crippen LogP contribution in [-0.2, 0) is 4.74 Å². The Hall–Kier alpha value is -1.12. The van der Waals surface area contributed by atoms with Crippen LogP contribution in [0.4, 0.5) is 0 Å². The van der Waals surface area contributed by atoms with Crippen LogP contribution in [0.3, 0.4) is 0 Å². The van der Waals surface area contributed by atoms with Crippen LogP contribution in [0.5, 0.6) is 0 Å². The second-order valence-electron chi connectivity index (χ2n) is 4.59. The Bertz CT molecular complexity index is 341. The smallest absolute Gasteiger partial charge is 0.0699 e. The molecule has 17 heavy (non-hydrogen) atoms. The Labute approximate surface area is 104 Å². The fourth-order valence-electron chi connectivity index (χ4n) is 2.13. The second-order valence-corrected chi connectivity index (χ2v) is 4.59. The van der Waals surface area contributed by atoms with Gasteiger partial charge in [-0.05, 0) is 30.4 Å². The third-order valence-electron chi connectivity index (χ3n) is 3.17. The summed E-state index contributed by atoms with van der Waals surface area (Å²) in [5, 5.41) is 3.43. The van der Waals surface area contributed by atoms with Gasteiger partial charge in [-0.2, -0.15) is 0 Å². The first kappa shape index (κ1) is 12.3. The van der Waals surface area contributed by atoms with Crippen LogP contribution in [0.1, 0.15) is 24.8 Å². The Morgan fingerprint density at radius 3 is 2.82 bits per heavy atom. The Morgan fingerprint density at radius 2 is 2.12 bits per heavy atom. The lowest BCUT2D eigenvalue weighted by Gasteiger charge is -2.23. The number of rotatable bonds is 5. The van der Waals surface area contributed by atoms with Gasteiger partial charge in [-0.15, -0.1) is 0 Å². The normalized spacial score (nSPS) is 20.1. The summed E-state index contributed by atoms with van der Waals surface area (Å²) >= 11 is 0. The van der Waals surface area contributed by atoms with Crippen molar-refractivity contribution in [3.8, 4) is 0 Å². The number of benzene rings is 1. The van der Waals surface area contributed by atoms with E-state index in [4.69, 9.17) is 4.74 Å². The molecule has 1 aromatic rings. The van der Waals surface area contributed by atoms with Crippen molar-refractivity contribution in [2.75, 3.05) is 19.7 Å². The molecule has 1 aliphatic rings. The van der Waals surface area contributed by atoms with E-state index in [9.17, 15) is 0 Å². The summed E-state index contributed by atoms with van der Waals surface area (Å²) in [5.74, 6) is 0. The third kappa shape index (κ3) is 3.99. The summed E-state index contributed by atoms with van der Waals surface area (Å²) in [6.45, 7) is 6.80. The molecule has 0 amide bonds. The molecule has 1 unspecified atom stereocenters. The van der Waals surface area contributed by atoms with Gasteiger partial charge >= 0.3 is 0 Å². The second kappa shape index (κ2) is 6.58. The first-order valence-corrected chi connectivity index (χ1v) is 6.42. The minimum absolute atomic E-state index is 0.396. The fourth-order valence-corrected chi connectivity index (χ4v) is 2.13. The highest BCUT2D eigenvalue weighted by Crippen LogP contribution is 2.13. The van der Waals surface area contributed by atoms with Crippen molar-refractivity contribution in [2.24, 2.45) is 0 Å². The van der Waals surface area contributed by atoms with Gasteiger partial charge in [0.2, 0.25) is 0 Å². The number of nitrogens with one attached hydrogen (secondary N) is 1. The SMILES string of the molecule is C=C(CNCC1CCCCO1)c1ccccc1. The summed E-state index contributed by atoms with van der Waals surface area (Å²) in [7, 11) is 0. The van der Waals surface area contributed by atoms with Crippen LogP contribution in [-0.4, -0.2) is 25.8 Å². The molecule has 0 radical (unpaired) electrons. The molecule has 1 aliphatic heterocycles. The zero-order valence-electron chi connectivity index (χ0n) is 10.3. The van der Waals surface area contributed by atoms with Gasteiger partial charge in [-0.25, -0.2) is 0 Å². The van der Waals surface area contributed by atoms with Crippen molar-refractivity contribution in [1.29, 1.82) is 0 Å². The Balaban J connectivity index is 1.69. The van der Waals surface area contributed by atoms with Crippen molar-refractivity contribution in [1.82, 2.24) is 5.32 Å². The van der Waals surface area contributed by atoms with Crippen LogP contribution >= 0.6 is 0 Å². The first-order chi connectivity index (χ1) is 8.36. The molecule has 2 rings (SSSR count). The number of hydrogen-bond acceptors (Lipinski definition) is 2. The quantitative estimate of drug-likeness (QED) is 0.841. The van der Waals surface area contributed by atoms with Crippen molar-refractivity contribution in [2.45, 2.75) is 25.4 Å². The molecular weight excluding hydrogens is 210 g/mol. The molecule has 1 saturated heterocycles. The summed E-state index contributed by atoms with van der Waals surface area (Å²) < 4.78 is 5.67. The van der Waals surface area contributed by atoms with Gasteiger partial charge in [0, 0.05) is 19.7 Å². The van der Waals surface area contributed by atoms with Crippen molar-refractivity contribution >= 4 is 5.57 Å². The molecule has 0 aromatic heterocycles. The number of ether oxygens (including phenoxy) is 1. The van der Waals surface area contributed by atoms with E-state index in [2.05, 4.69) is 24.0 Å². The molecular formula is C15H21NO. The molecule has 0 saturated carbocycles. The van der Waals surface area contributed by atoms with E-state index in [1.807, 2.05) is 18.2 Å². The fraction of sp³-hybridized carbons (Fsp3) is 0.467. The van der Waals surface area contributed by atoms with E-state index < -0.39 is 0 Å². The molecule has 92 valence electrons. The standard InChI is InChI=1S/C15H21NO/c1-13(14-7-3-2-4-8-14)11-16-12-15-9-5-6-10-17-15/h2-4,7-8,15-16H,1,5-6,9-12H2. The van der Waals surface area contributed by atoms with Crippen LogP contribution in [0.25, 0.3) is 5.57 Å². The van der Waals surface area contributed by atoms with Crippen molar-refractivity contribution < 1.29 is 4.74 Å². The molecule has 1 atom stereocenters. The van der Waals surface area contributed by atoms with Crippen LogP contribution < -0.4 is 5.32 Å². The summed E-state index contributed by atoms with van der Waals surface area (Å²) in [5.41, 5.74) is 2.35. The van der Waals surface area contributed by atoms with E-state index in [-0.39, 0.29) is 0 Å². The Kier molecular flexibility index (Phi) is 4.77. The van der Waals surface area contributed by atoms with Crippen molar-refractivity contribution in [3.05, 3.63) is 42.5 Å². The maximum atomic E-state index is 5.67. The highest BCUT2D eigenvalue weighted by atomic mass is 16.5. The molecule has 1 heterocycles. The molecule has 1 aromatic carbocycles. The van der Waals surface area contributed by atoms with Gasteiger partial charge in [0.15, 0.2) is 0 Å². The lowest BCUT2D eigenvalue weighted by atomic mass is 10.1. The predicted molar refractivity (Wildman–Crippen MR) is 71.9 cm³/mol.